The van der Waals surface area contributed by atoms with Gasteiger partial charge in [-0.1, -0.05) is 13.8 Å². The van der Waals surface area contributed by atoms with Crippen LogP contribution in [-0.4, -0.2) is 42.4 Å². The Kier molecular flexibility index (Phi) is 6.99. The second-order valence-corrected chi connectivity index (χ2v) is 7.71. The molecule has 1 N–H and O–H groups in total. The van der Waals surface area contributed by atoms with Gasteiger partial charge in [-0.25, -0.2) is 4.79 Å². The van der Waals surface area contributed by atoms with E-state index in [0.29, 0.717) is 19.5 Å². The molecule has 2 rings (SSSR count). The fraction of sp³-hybridized carbons (Fsp3) is 0.611. The SMILES string of the molecule is COC(=O)C(CC(C)C)NC(=O)CCC(=O)N1CCc2sccc2C1. The number of carbonyl (C=O) groups excluding carboxylic acids is 3. The first-order valence-electron chi connectivity index (χ1n) is 8.61. The van der Waals surface area contributed by atoms with E-state index in [0.717, 1.165) is 6.42 Å². The molecule has 0 fully saturated rings. The quantitative estimate of drug-likeness (QED) is 0.750. The molecular weight excluding hydrogens is 340 g/mol. The molecule has 2 heterocycles. The van der Waals surface area contributed by atoms with Crippen LogP contribution in [0, 0.1) is 5.92 Å². The van der Waals surface area contributed by atoms with E-state index in [-0.39, 0.29) is 30.6 Å². The summed E-state index contributed by atoms with van der Waals surface area (Å²) >= 11 is 1.73. The fourth-order valence-electron chi connectivity index (χ4n) is 2.93. The number of nitrogens with zero attached hydrogens (tertiary/aromatic N) is 1. The highest BCUT2D eigenvalue weighted by Crippen LogP contribution is 2.24. The third kappa shape index (κ3) is 5.56. The zero-order valence-electron chi connectivity index (χ0n) is 15.0. The zero-order valence-corrected chi connectivity index (χ0v) is 15.9. The molecule has 0 saturated heterocycles. The molecule has 0 spiro atoms. The topological polar surface area (TPSA) is 75.7 Å². The lowest BCUT2D eigenvalue weighted by Gasteiger charge is -2.27. The first-order chi connectivity index (χ1) is 11.9. The van der Waals surface area contributed by atoms with Crippen molar-refractivity contribution < 1.29 is 19.1 Å². The van der Waals surface area contributed by atoms with Gasteiger partial charge in [0.2, 0.25) is 11.8 Å². The highest BCUT2D eigenvalue weighted by Gasteiger charge is 2.24. The van der Waals surface area contributed by atoms with E-state index >= 15 is 0 Å². The molecule has 1 unspecified atom stereocenters. The molecule has 0 radical (unpaired) electrons. The van der Waals surface area contributed by atoms with Crippen LogP contribution in [-0.2, 0) is 32.1 Å². The Morgan fingerprint density at radius 1 is 1.32 bits per heavy atom. The van der Waals surface area contributed by atoms with E-state index in [2.05, 4.69) is 11.4 Å². The molecule has 0 bridgehead atoms. The van der Waals surface area contributed by atoms with Crippen LogP contribution in [0.1, 0.15) is 43.6 Å². The number of fused-ring (bicyclic) bond motifs is 1. The maximum atomic E-state index is 12.3. The maximum absolute atomic E-state index is 12.3. The summed E-state index contributed by atoms with van der Waals surface area (Å²) in [7, 11) is 1.31. The second-order valence-electron chi connectivity index (χ2n) is 6.71. The molecule has 1 aliphatic rings. The molecule has 0 aromatic carbocycles. The fourth-order valence-corrected chi connectivity index (χ4v) is 3.82. The number of hydrogen-bond donors (Lipinski definition) is 1. The molecule has 1 aromatic heterocycles. The van der Waals surface area contributed by atoms with Crippen LogP contribution in [0.25, 0.3) is 0 Å². The largest absolute Gasteiger partial charge is 0.467 e. The normalized spacial score (nSPS) is 14.8. The highest BCUT2D eigenvalue weighted by atomic mass is 32.1. The number of nitrogens with one attached hydrogen (secondary N) is 1. The van der Waals surface area contributed by atoms with E-state index in [1.165, 1.54) is 17.6 Å². The van der Waals surface area contributed by atoms with Crippen molar-refractivity contribution >= 4 is 29.1 Å². The van der Waals surface area contributed by atoms with Gasteiger partial charge >= 0.3 is 5.97 Å². The van der Waals surface area contributed by atoms with Gasteiger partial charge in [0.15, 0.2) is 0 Å². The molecule has 0 aliphatic carbocycles. The lowest BCUT2D eigenvalue weighted by atomic mass is 10.0. The van der Waals surface area contributed by atoms with Gasteiger partial charge in [-0.05, 0) is 35.8 Å². The molecule has 2 amide bonds. The number of rotatable bonds is 7. The minimum Gasteiger partial charge on any atom is -0.467 e. The van der Waals surface area contributed by atoms with Crippen LogP contribution in [0.2, 0.25) is 0 Å². The standard InChI is InChI=1S/C18H26N2O4S/c1-12(2)10-14(18(23)24-3)19-16(21)4-5-17(22)20-8-6-15-13(11-20)7-9-25-15/h7,9,12,14H,4-6,8,10-11H2,1-3H3,(H,19,21). The van der Waals surface area contributed by atoms with Crippen LogP contribution < -0.4 is 5.32 Å². The van der Waals surface area contributed by atoms with E-state index < -0.39 is 12.0 Å². The third-order valence-corrected chi connectivity index (χ3v) is 5.28. The van der Waals surface area contributed by atoms with Crippen molar-refractivity contribution in [2.75, 3.05) is 13.7 Å². The van der Waals surface area contributed by atoms with Gasteiger partial charge in [0.1, 0.15) is 6.04 Å². The van der Waals surface area contributed by atoms with Gasteiger partial charge in [0, 0.05) is 30.8 Å². The van der Waals surface area contributed by atoms with Crippen LogP contribution in [0.4, 0.5) is 0 Å². The Bertz CT molecular complexity index is 626. The summed E-state index contributed by atoms with van der Waals surface area (Å²) in [4.78, 5) is 39.3. The second kappa shape index (κ2) is 8.99. The van der Waals surface area contributed by atoms with Crippen molar-refractivity contribution in [3.05, 3.63) is 21.9 Å². The van der Waals surface area contributed by atoms with Gasteiger partial charge in [0.05, 0.1) is 7.11 Å². The summed E-state index contributed by atoms with van der Waals surface area (Å²) in [5.74, 6) is -0.517. The summed E-state index contributed by atoms with van der Waals surface area (Å²) < 4.78 is 4.73. The minimum absolute atomic E-state index is 0.0227. The highest BCUT2D eigenvalue weighted by molar-refractivity contribution is 7.10. The van der Waals surface area contributed by atoms with Gasteiger partial charge in [0.25, 0.3) is 0 Å². The third-order valence-electron chi connectivity index (χ3n) is 4.25. The van der Waals surface area contributed by atoms with E-state index in [4.69, 9.17) is 4.74 Å². The first kappa shape index (κ1) is 19.4. The smallest absolute Gasteiger partial charge is 0.328 e. The number of esters is 1. The molecule has 6 nitrogen and oxygen atoms in total. The molecule has 25 heavy (non-hydrogen) atoms. The zero-order chi connectivity index (χ0) is 18.4. The minimum atomic E-state index is -0.657. The van der Waals surface area contributed by atoms with Crippen molar-refractivity contribution in [3.63, 3.8) is 0 Å². The van der Waals surface area contributed by atoms with E-state index in [1.807, 2.05) is 19.2 Å². The van der Waals surface area contributed by atoms with Gasteiger partial charge < -0.3 is 15.0 Å². The molecule has 1 atom stereocenters. The number of thiophene rings is 1. The van der Waals surface area contributed by atoms with Crippen LogP contribution in [0.15, 0.2) is 11.4 Å². The summed E-state index contributed by atoms with van der Waals surface area (Å²) in [5, 5.41) is 4.74. The average Bonchev–Trinajstić information content (AvgIpc) is 3.05. The van der Waals surface area contributed by atoms with Crippen molar-refractivity contribution in [1.29, 1.82) is 0 Å². The Labute approximate surface area is 152 Å². The number of carbonyl (C=O) groups is 3. The summed E-state index contributed by atoms with van der Waals surface area (Å²) in [6, 6.07) is 1.40. The summed E-state index contributed by atoms with van der Waals surface area (Å²) in [6.45, 7) is 5.27. The summed E-state index contributed by atoms with van der Waals surface area (Å²) in [5.41, 5.74) is 1.21. The number of hydrogen-bond acceptors (Lipinski definition) is 5. The molecule has 7 heteroatoms. The molecule has 1 aromatic rings. The van der Waals surface area contributed by atoms with Crippen molar-refractivity contribution in [1.82, 2.24) is 10.2 Å². The van der Waals surface area contributed by atoms with Gasteiger partial charge in [-0.15, -0.1) is 11.3 Å². The first-order valence-corrected chi connectivity index (χ1v) is 9.49. The number of ether oxygens (including phenoxy) is 1. The van der Waals surface area contributed by atoms with Crippen LogP contribution in [0.3, 0.4) is 0 Å². The number of amides is 2. The van der Waals surface area contributed by atoms with Crippen LogP contribution in [0.5, 0.6) is 0 Å². The van der Waals surface area contributed by atoms with E-state index in [9.17, 15) is 14.4 Å². The Hall–Kier alpha value is -1.89. The number of methoxy groups -OCH3 is 1. The molecule has 138 valence electrons. The summed E-state index contributed by atoms with van der Waals surface area (Å²) in [6.07, 6.45) is 1.63. The van der Waals surface area contributed by atoms with E-state index in [1.54, 1.807) is 16.2 Å². The Morgan fingerprint density at radius 3 is 2.76 bits per heavy atom. The lowest BCUT2D eigenvalue weighted by molar-refractivity contribution is -0.145. The molecule has 0 saturated carbocycles. The van der Waals surface area contributed by atoms with Gasteiger partial charge in [-0.3, -0.25) is 9.59 Å². The van der Waals surface area contributed by atoms with Crippen molar-refractivity contribution in [2.24, 2.45) is 5.92 Å². The lowest BCUT2D eigenvalue weighted by Crippen LogP contribution is -2.43. The van der Waals surface area contributed by atoms with Gasteiger partial charge in [-0.2, -0.15) is 0 Å². The Morgan fingerprint density at radius 2 is 2.08 bits per heavy atom. The Balaban J connectivity index is 1.80. The monoisotopic (exact) mass is 366 g/mol. The van der Waals surface area contributed by atoms with Crippen molar-refractivity contribution in [3.8, 4) is 0 Å². The maximum Gasteiger partial charge on any atom is 0.328 e. The molecular formula is C18H26N2O4S. The molecule has 1 aliphatic heterocycles. The predicted octanol–water partition coefficient (Wildman–Crippen LogP) is 2.12. The van der Waals surface area contributed by atoms with Crippen molar-refractivity contribution in [2.45, 2.75) is 52.1 Å². The van der Waals surface area contributed by atoms with Crippen LogP contribution >= 0.6 is 11.3 Å². The predicted molar refractivity (Wildman–Crippen MR) is 96.1 cm³/mol. The average molecular weight is 366 g/mol.